The zero-order chi connectivity index (χ0) is 20.1. The number of hydrogen-bond donors (Lipinski definition) is 1. The minimum absolute atomic E-state index is 0.140. The Balaban J connectivity index is 1.56. The first-order chi connectivity index (χ1) is 13.4. The number of carbonyl (C=O) groups is 1. The fourth-order valence-electron chi connectivity index (χ4n) is 3.64. The second-order valence-electron chi connectivity index (χ2n) is 7.43. The van der Waals surface area contributed by atoms with Gasteiger partial charge in [-0.15, -0.1) is 0 Å². The highest BCUT2D eigenvalue weighted by atomic mass is 32.2. The normalized spacial score (nSPS) is 18.1. The summed E-state index contributed by atoms with van der Waals surface area (Å²) in [6.45, 7) is 6.40. The number of nitrogens with one attached hydrogen (secondary N) is 1. The van der Waals surface area contributed by atoms with Crippen molar-refractivity contribution in [2.45, 2.75) is 49.8 Å². The Morgan fingerprint density at radius 2 is 2.00 bits per heavy atom. The van der Waals surface area contributed by atoms with Gasteiger partial charge in [-0.3, -0.25) is 9.69 Å². The maximum absolute atomic E-state index is 12.6. The first-order valence-corrected chi connectivity index (χ1v) is 11.4. The summed E-state index contributed by atoms with van der Waals surface area (Å²) in [4.78, 5) is 15.0. The lowest BCUT2D eigenvalue weighted by molar-refractivity contribution is 0.0909. The highest BCUT2D eigenvalue weighted by Crippen LogP contribution is 2.21. The Bertz CT molecular complexity index is 920. The molecule has 0 radical (unpaired) electrons. The molecule has 6 nitrogen and oxygen atoms in total. The lowest BCUT2D eigenvalue weighted by atomic mass is 10.0. The van der Waals surface area contributed by atoms with Crippen LogP contribution in [0.25, 0.3) is 0 Å². The minimum Gasteiger partial charge on any atom is -0.455 e. The molecule has 3 rings (SSSR count). The molecular formula is C21H28N2O4S. The average molecular weight is 405 g/mol. The Morgan fingerprint density at radius 1 is 1.21 bits per heavy atom. The van der Waals surface area contributed by atoms with E-state index < -0.39 is 9.84 Å². The van der Waals surface area contributed by atoms with Crippen molar-refractivity contribution < 1.29 is 17.6 Å². The smallest absolute Gasteiger partial charge is 0.287 e. The van der Waals surface area contributed by atoms with Gasteiger partial charge in [-0.2, -0.15) is 0 Å². The van der Waals surface area contributed by atoms with Crippen LogP contribution >= 0.6 is 0 Å². The van der Waals surface area contributed by atoms with Crippen molar-refractivity contribution in [2.24, 2.45) is 0 Å². The molecule has 1 aromatic heterocycles. The molecule has 1 fully saturated rings. The monoisotopic (exact) mass is 404 g/mol. The molecule has 1 aromatic carbocycles. The van der Waals surface area contributed by atoms with Crippen LogP contribution in [-0.4, -0.2) is 44.9 Å². The van der Waals surface area contributed by atoms with E-state index >= 15 is 0 Å². The summed E-state index contributed by atoms with van der Waals surface area (Å²) in [6, 6.07) is 10.5. The quantitative estimate of drug-likeness (QED) is 0.767. The van der Waals surface area contributed by atoms with Crippen LogP contribution in [0.1, 0.15) is 48.1 Å². The van der Waals surface area contributed by atoms with Crippen LogP contribution in [0.2, 0.25) is 0 Å². The van der Waals surface area contributed by atoms with Crippen molar-refractivity contribution >= 4 is 15.7 Å². The third-order valence-corrected chi connectivity index (χ3v) is 7.06. The molecule has 0 spiro atoms. The van der Waals surface area contributed by atoms with Gasteiger partial charge in [0.1, 0.15) is 11.5 Å². The molecule has 7 heteroatoms. The number of aryl methyl sites for hydroxylation is 1. The van der Waals surface area contributed by atoms with Gasteiger partial charge in [-0.25, -0.2) is 8.42 Å². The summed E-state index contributed by atoms with van der Waals surface area (Å²) in [5, 5.41) is 2.86. The van der Waals surface area contributed by atoms with E-state index in [-0.39, 0.29) is 28.1 Å². The molecule has 2 heterocycles. The number of nitrogens with zero attached hydrogens (tertiary/aromatic N) is 1. The van der Waals surface area contributed by atoms with Crippen molar-refractivity contribution in [3.63, 3.8) is 0 Å². The Morgan fingerprint density at radius 3 is 2.75 bits per heavy atom. The van der Waals surface area contributed by atoms with E-state index in [1.165, 1.54) is 25.3 Å². The van der Waals surface area contributed by atoms with E-state index in [1.807, 2.05) is 0 Å². The van der Waals surface area contributed by atoms with Gasteiger partial charge >= 0.3 is 0 Å². The van der Waals surface area contributed by atoms with Gasteiger partial charge in [0.05, 0.1) is 4.90 Å². The van der Waals surface area contributed by atoms with E-state index in [1.54, 1.807) is 37.3 Å². The maximum Gasteiger partial charge on any atom is 0.287 e. The second-order valence-corrected chi connectivity index (χ2v) is 9.39. The Hall–Kier alpha value is -2.12. The molecule has 0 aliphatic carbocycles. The molecule has 0 saturated carbocycles. The van der Waals surface area contributed by atoms with Crippen molar-refractivity contribution in [2.75, 3.05) is 19.6 Å². The van der Waals surface area contributed by atoms with Crippen molar-refractivity contribution in [3.05, 3.63) is 53.5 Å². The summed E-state index contributed by atoms with van der Waals surface area (Å²) in [5.74, 6) is -0.180. The summed E-state index contributed by atoms with van der Waals surface area (Å²) >= 11 is 0. The number of carbonyl (C=O) groups excluding carboxylic acids is 1. The van der Waals surface area contributed by atoms with Crippen LogP contribution in [0, 0.1) is 6.92 Å². The third-order valence-electron chi connectivity index (χ3n) is 5.27. The zero-order valence-corrected chi connectivity index (χ0v) is 17.3. The zero-order valence-electron chi connectivity index (χ0n) is 16.5. The van der Waals surface area contributed by atoms with Gasteiger partial charge < -0.3 is 9.73 Å². The van der Waals surface area contributed by atoms with E-state index in [2.05, 4.69) is 17.1 Å². The molecule has 1 atom stereocenters. The molecule has 0 bridgehead atoms. The second kappa shape index (κ2) is 8.92. The molecule has 2 aromatic rings. The van der Waals surface area contributed by atoms with Gasteiger partial charge in [-0.1, -0.05) is 24.6 Å². The van der Waals surface area contributed by atoms with E-state index in [0.717, 1.165) is 13.1 Å². The molecule has 28 heavy (non-hydrogen) atoms. The summed E-state index contributed by atoms with van der Waals surface area (Å²) in [7, 11) is -3.53. The number of rotatable bonds is 7. The number of furan rings is 1. The highest BCUT2D eigenvalue weighted by Gasteiger charge is 2.21. The van der Waals surface area contributed by atoms with Crippen LogP contribution in [-0.2, 0) is 15.6 Å². The van der Waals surface area contributed by atoms with Crippen molar-refractivity contribution in [3.8, 4) is 0 Å². The number of sulfone groups is 1. The molecule has 1 aliphatic heterocycles. The van der Waals surface area contributed by atoms with E-state index in [9.17, 15) is 13.2 Å². The number of benzene rings is 1. The average Bonchev–Trinajstić information content (AvgIpc) is 3.11. The summed E-state index contributed by atoms with van der Waals surface area (Å²) < 4.78 is 30.7. The molecule has 152 valence electrons. The Kier molecular flexibility index (Phi) is 6.57. The summed E-state index contributed by atoms with van der Waals surface area (Å²) in [5.41, 5.74) is 0.693. The molecule has 1 N–H and O–H groups in total. The number of amides is 1. The number of likely N-dealkylation sites (tertiary alicyclic amines) is 1. The SMILES string of the molecule is Cc1ccccc1S(=O)(=O)Cc1ccc(C(=O)NCCN2CCCC[C@H]2C)o1. The first kappa shape index (κ1) is 20.6. The summed E-state index contributed by atoms with van der Waals surface area (Å²) in [6.07, 6.45) is 3.67. The molecular weight excluding hydrogens is 376 g/mol. The van der Waals surface area contributed by atoms with Gasteiger partial charge in [0.25, 0.3) is 5.91 Å². The van der Waals surface area contributed by atoms with Gasteiger partial charge in [0.2, 0.25) is 0 Å². The molecule has 1 aliphatic rings. The highest BCUT2D eigenvalue weighted by molar-refractivity contribution is 7.90. The van der Waals surface area contributed by atoms with Crippen LogP contribution < -0.4 is 5.32 Å². The van der Waals surface area contributed by atoms with Crippen LogP contribution in [0.3, 0.4) is 0 Å². The van der Waals surface area contributed by atoms with Gasteiger partial charge in [-0.05, 0) is 57.0 Å². The Labute approximate surface area is 166 Å². The van der Waals surface area contributed by atoms with Gasteiger partial charge in [0.15, 0.2) is 15.6 Å². The fraction of sp³-hybridized carbons (Fsp3) is 0.476. The third kappa shape index (κ3) is 5.02. The van der Waals surface area contributed by atoms with Gasteiger partial charge in [0, 0.05) is 19.1 Å². The first-order valence-electron chi connectivity index (χ1n) is 9.76. The predicted octanol–water partition coefficient (Wildman–Crippen LogP) is 3.17. The van der Waals surface area contributed by atoms with Crippen LogP contribution in [0.5, 0.6) is 0 Å². The van der Waals surface area contributed by atoms with Crippen molar-refractivity contribution in [1.29, 1.82) is 0 Å². The maximum atomic E-state index is 12.6. The topological polar surface area (TPSA) is 79.6 Å². The molecule has 1 amide bonds. The van der Waals surface area contributed by atoms with E-state index in [4.69, 9.17) is 4.42 Å². The lowest BCUT2D eigenvalue weighted by Gasteiger charge is -2.33. The lowest BCUT2D eigenvalue weighted by Crippen LogP contribution is -2.42. The van der Waals surface area contributed by atoms with Crippen molar-refractivity contribution in [1.82, 2.24) is 10.2 Å². The minimum atomic E-state index is -3.53. The molecule has 1 saturated heterocycles. The predicted molar refractivity (Wildman–Crippen MR) is 108 cm³/mol. The van der Waals surface area contributed by atoms with Crippen LogP contribution in [0.4, 0.5) is 0 Å². The largest absolute Gasteiger partial charge is 0.455 e. The number of piperidine rings is 1. The number of hydrogen-bond acceptors (Lipinski definition) is 5. The van der Waals surface area contributed by atoms with E-state index in [0.29, 0.717) is 18.2 Å². The van der Waals surface area contributed by atoms with Crippen LogP contribution in [0.15, 0.2) is 45.7 Å². The molecule has 0 unspecified atom stereocenters. The standard InChI is InChI=1S/C21H28N2O4S/c1-16-7-3-4-9-20(16)28(25,26)15-18-10-11-19(27-18)21(24)22-12-14-23-13-6-5-8-17(23)2/h3-4,7,9-11,17H,5-6,8,12-15H2,1-2H3,(H,22,24)/t17-/m1/s1. The fourth-order valence-corrected chi connectivity index (χ4v) is 5.17.